The molecule has 2 aromatic carbocycles. The Bertz CT molecular complexity index is 796. The molecule has 0 saturated carbocycles. The zero-order chi connectivity index (χ0) is 21.4. The number of alkyl carbamates (subject to hydrolysis) is 1. The first kappa shape index (κ1) is 22.4. The average Bonchev–Trinajstić information content (AvgIpc) is 2.66. The Hall–Kier alpha value is -2.86. The molecular formula is C23H31N3O3. The smallest absolute Gasteiger partial charge is 0.407 e. The standard InChI is InChI=1S/C23H31N3O3/c1-23(2,3)29-22(28)25-15-17-11-13-19(14-12-17)21(27)24-16-20(26(4)5)18-9-7-6-8-10-18/h6-14,20H,15-16H2,1-5H3,(H,24,27)(H,25,28). The maximum Gasteiger partial charge on any atom is 0.407 e. The minimum atomic E-state index is -0.532. The highest BCUT2D eigenvalue weighted by Gasteiger charge is 2.17. The summed E-state index contributed by atoms with van der Waals surface area (Å²) in [7, 11) is 3.99. The molecule has 6 nitrogen and oxygen atoms in total. The molecule has 0 saturated heterocycles. The van der Waals surface area contributed by atoms with E-state index in [1.165, 1.54) is 0 Å². The molecule has 0 bridgehead atoms. The Morgan fingerprint density at radius 2 is 1.59 bits per heavy atom. The van der Waals surface area contributed by atoms with Crippen LogP contribution >= 0.6 is 0 Å². The minimum absolute atomic E-state index is 0.0949. The van der Waals surface area contributed by atoms with Crippen LogP contribution in [0.1, 0.15) is 48.3 Å². The summed E-state index contributed by atoms with van der Waals surface area (Å²) in [5.41, 5.74) is 2.09. The van der Waals surface area contributed by atoms with Gasteiger partial charge in [0.1, 0.15) is 5.60 Å². The molecule has 2 amide bonds. The van der Waals surface area contributed by atoms with Gasteiger partial charge in [-0.1, -0.05) is 42.5 Å². The highest BCUT2D eigenvalue weighted by molar-refractivity contribution is 5.94. The predicted molar refractivity (Wildman–Crippen MR) is 115 cm³/mol. The van der Waals surface area contributed by atoms with Crippen molar-refractivity contribution in [1.82, 2.24) is 15.5 Å². The number of carbonyl (C=O) groups excluding carboxylic acids is 2. The molecule has 1 atom stereocenters. The fourth-order valence-electron chi connectivity index (χ4n) is 2.83. The molecule has 2 rings (SSSR count). The van der Waals surface area contributed by atoms with E-state index in [0.717, 1.165) is 11.1 Å². The molecule has 0 radical (unpaired) electrons. The highest BCUT2D eigenvalue weighted by atomic mass is 16.6. The number of carbonyl (C=O) groups is 2. The third-order valence-corrected chi connectivity index (χ3v) is 4.32. The summed E-state index contributed by atoms with van der Waals surface area (Å²) >= 11 is 0. The fourth-order valence-corrected chi connectivity index (χ4v) is 2.83. The van der Waals surface area contributed by atoms with Crippen LogP contribution < -0.4 is 10.6 Å². The van der Waals surface area contributed by atoms with Gasteiger partial charge in [-0.05, 0) is 58.1 Å². The number of hydrogen-bond donors (Lipinski definition) is 2. The molecule has 0 aliphatic heterocycles. The Morgan fingerprint density at radius 3 is 2.14 bits per heavy atom. The maximum absolute atomic E-state index is 12.5. The third-order valence-electron chi connectivity index (χ3n) is 4.32. The van der Waals surface area contributed by atoms with Crippen LogP contribution in [0.4, 0.5) is 4.79 Å². The number of nitrogens with zero attached hydrogens (tertiary/aromatic N) is 1. The van der Waals surface area contributed by atoms with Crippen LogP contribution in [-0.2, 0) is 11.3 Å². The summed E-state index contributed by atoms with van der Waals surface area (Å²) < 4.78 is 5.21. The molecule has 0 aliphatic rings. The summed E-state index contributed by atoms with van der Waals surface area (Å²) in [4.78, 5) is 26.3. The van der Waals surface area contributed by atoms with Crippen molar-refractivity contribution >= 4 is 12.0 Å². The van der Waals surface area contributed by atoms with Crippen molar-refractivity contribution < 1.29 is 14.3 Å². The minimum Gasteiger partial charge on any atom is -0.444 e. The van der Waals surface area contributed by atoms with Crippen LogP contribution in [-0.4, -0.2) is 43.1 Å². The summed E-state index contributed by atoms with van der Waals surface area (Å²) in [5, 5.41) is 5.71. The maximum atomic E-state index is 12.5. The summed E-state index contributed by atoms with van der Waals surface area (Å²) in [5.74, 6) is -0.126. The number of amides is 2. The first-order valence-electron chi connectivity index (χ1n) is 9.71. The fraction of sp³-hybridized carbons (Fsp3) is 0.391. The van der Waals surface area contributed by atoms with Crippen molar-refractivity contribution in [2.75, 3.05) is 20.6 Å². The lowest BCUT2D eigenvalue weighted by Gasteiger charge is -2.25. The van der Waals surface area contributed by atoms with Gasteiger partial charge in [-0.25, -0.2) is 4.79 Å². The number of ether oxygens (including phenoxy) is 1. The average molecular weight is 398 g/mol. The van der Waals surface area contributed by atoms with Crippen LogP contribution in [0.2, 0.25) is 0 Å². The van der Waals surface area contributed by atoms with Crippen LogP contribution in [0.15, 0.2) is 54.6 Å². The van der Waals surface area contributed by atoms with Gasteiger partial charge in [0, 0.05) is 18.7 Å². The number of benzene rings is 2. The van der Waals surface area contributed by atoms with Crippen molar-refractivity contribution in [1.29, 1.82) is 0 Å². The van der Waals surface area contributed by atoms with E-state index in [4.69, 9.17) is 4.74 Å². The molecule has 156 valence electrons. The summed E-state index contributed by atoms with van der Waals surface area (Å²) in [6.07, 6.45) is -0.463. The van der Waals surface area contributed by atoms with Crippen molar-refractivity contribution in [3.05, 3.63) is 71.3 Å². The monoisotopic (exact) mass is 397 g/mol. The second-order valence-corrected chi connectivity index (χ2v) is 8.15. The van der Waals surface area contributed by atoms with E-state index in [-0.39, 0.29) is 11.9 Å². The van der Waals surface area contributed by atoms with Gasteiger partial charge in [0.05, 0.1) is 6.04 Å². The largest absolute Gasteiger partial charge is 0.444 e. The van der Waals surface area contributed by atoms with Crippen LogP contribution in [0, 0.1) is 0 Å². The molecule has 0 fully saturated rings. The van der Waals surface area contributed by atoms with E-state index in [9.17, 15) is 9.59 Å². The van der Waals surface area contributed by atoms with Crippen molar-refractivity contribution in [3.8, 4) is 0 Å². The zero-order valence-corrected chi connectivity index (χ0v) is 17.9. The van der Waals surface area contributed by atoms with E-state index in [1.54, 1.807) is 12.1 Å². The number of hydrogen-bond acceptors (Lipinski definition) is 4. The first-order chi connectivity index (χ1) is 13.7. The van der Waals surface area contributed by atoms with Crippen molar-refractivity contribution in [3.63, 3.8) is 0 Å². The van der Waals surface area contributed by atoms with E-state index in [0.29, 0.717) is 18.7 Å². The molecule has 2 aromatic rings. The van der Waals surface area contributed by atoms with Gasteiger partial charge in [-0.3, -0.25) is 4.79 Å². The van der Waals surface area contributed by atoms with Gasteiger partial charge in [0.2, 0.25) is 0 Å². The molecule has 0 aromatic heterocycles. The van der Waals surface area contributed by atoms with Crippen LogP contribution in [0.3, 0.4) is 0 Å². The lowest BCUT2D eigenvalue weighted by molar-refractivity contribution is 0.0523. The summed E-state index contributed by atoms with van der Waals surface area (Å²) in [6, 6.07) is 17.4. The Kier molecular flexibility index (Phi) is 7.79. The van der Waals surface area contributed by atoms with Crippen LogP contribution in [0.5, 0.6) is 0 Å². The van der Waals surface area contributed by atoms with Crippen molar-refractivity contribution in [2.45, 2.75) is 39.0 Å². The van der Waals surface area contributed by atoms with Gasteiger partial charge in [0.15, 0.2) is 0 Å². The molecule has 6 heteroatoms. The second-order valence-electron chi connectivity index (χ2n) is 8.15. The molecule has 2 N–H and O–H groups in total. The molecule has 0 spiro atoms. The predicted octanol–water partition coefficient (Wildman–Crippen LogP) is 3.74. The Labute approximate surface area is 173 Å². The molecule has 1 unspecified atom stereocenters. The zero-order valence-electron chi connectivity index (χ0n) is 17.9. The van der Waals surface area contributed by atoms with E-state index < -0.39 is 11.7 Å². The molecule has 0 heterocycles. The number of likely N-dealkylation sites (N-methyl/N-ethyl adjacent to an activating group) is 1. The number of nitrogens with one attached hydrogen (secondary N) is 2. The molecular weight excluding hydrogens is 366 g/mol. The van der Waals surface area contributed by atoms with E-state index in [1.807, 2.05) is 65.2 Å². The van der Waals surface area contributed by atoms with Gasteiger partial charge >= 0.3 is 6.09 Å². The third kappa shape index (κ3) is 7.58. The summed E-state index contributed by atoms with van der Waals surface area (Å²) in [6.45, 7) is 6.31. The van der Waals surface area contributed by atoms with Gasteiger partial charge < -0.3 is 20.3 Å². The highest BCUT2D eigenvalue weighted by Crippen LogP contribution is 2.17. The Balaban J connectivity index is 1.89. The lowest BCUT2D eigenvalue weighted by atomic mass is 10.1. The lowest BCUT2D eigenvalue weighted by Crippen LogP contribution is -2.34. The molecule has 0 aliphatic carbocycles. The first-order valence-corrected chi connectivity index (χ1v) is 9.71. The SMILES string of the molecule is CN(C)C(CNC(=O)c1ccc(CNC(=O)OC(C)(C)C)cc1)c1ccccc1. The Morgan fingerprint density at radius 1 is 0.966 bits per heavy atom. The van der Waals surface area contributed by atoms with E-state index in [2.05, 4.69) is 27.7 Å². The topological polar surface area (TPSA) is 70.7 Å². The normalized spacial score (nSPS) is 12.3. The van der Waals surface area contributed by atoms with Gasteiger partial charge in [-0.15, -0.1) is 0 Å². The van der Waals surface area contributed by atoms with Gasteiger partial charge in [-0.2, -0.15) is 0 Å². The quantitative estimate of drug-likeness (QED) is 0.747. The van der Waals surface area contributed by atoms with Crippen molar-refractivity contribution in [2.24, 2.45) is 0 Å². The van der Waals surface area contributed by atoms with Crippen LogP contribution in [0.25, 0.3) is 0 Å². The number of rotatable bonds is 7. The second kappa shape index (κ2) is 10.1. The van der Waals surface area contributed by atoms with Gasteiger partial charge in [0.25, 0.3) is 5.91 Å². The van der Waals surface area contributed by atoms with E-state index >= 15 is 0 Å². The molecule has 29 heavy (non-hydrogen) atoms.